The van der Waals surface area contributed by atoms with Crippen molar-refractivity contribution in [1.29, 1.82) is 0 Å². The van der Waals surface area contributed by atoms with Gasteiger partial charge >= 0.3 is 0 Å². The molecular formula is C12H12BrN3. The van der Waals surface area contributed by atoms with Crippen molar-refractivity contribution in [1.82, 2.24) is 9.97 Å². The normalized spacial score (nSPS) is 15.3. The summed E-state index contributed by atoms with van der Waals surface area (Å²) in [5, 5.41) is 0. The monoisotopic (exact) mass is 277 g/mol. The smallest absolute Gasteiger partial charge is 0.132 e. The Bertz CT molecular complexity index is 529. The number of nitrogens with two attached hydrogens (primary N) is 1. The maximum Gasteiger partial charge on any atom is 0.132 e. The molecule has 3 N–H and O–H groups in total. The summed E-state index contributed by atoms with van der Waals surface area (Å²) in [4.78, 5) is 7.55. The summed E-state index contributed by atoms with van der Waals surface area (Å²) in [5.74, 6) is 1.29. The van der Waals surface area contributed by atoms with Gasteiger partial charge in [-0.15, -0.1) is 0 Å². The molecule has 0 aromatic carbocycles. The number of aromatic amines is 1. The quantitative estimate of drug-likeness (QED) is 0.885. The highest BCUT2D eigenvalue weighted by atomic mass is 79.9. The van der Waals surface area contributed by atoms with Crippen molar-refractivity contribution in [2.24, 2.45) is 0 Å². The van der Waals surface area contributed by atoms with Crippen LogP contribution in [0.4, 0.5) is 5.82 Å². The fourth-order valence-corrected chi connectivity index (χ4v) is 2.20. The van der Waals surface area contributed by atoms with Crippen LogP contribution in [0.1, 0.15) is 24.5 Å². The van der Waals surface area contributed by atoms with E-state index in [1.165, 1.54) is 18.5 Å². The molecule has 0 saturated heterocycles. The molecule has 0 radical (unpaired) electrons. The summed E-state index contributed by atoms with van der Waals surface area (Å²) in [7, 11) is 0. The fraction of sp³-hybridized carbons (Fsp3) is 0.250. The van der Waals surface area contributed by atoms with Crippen LogP contribution in [-0.2, 0) is 0 Å². The third-order valence-corrected chi connectivity index (χ3v) is 3.33. The van der Waals surface area contributed by atoms with E-state index in [0.717, 1.165) is 21.6 Å². The number of pyridine rings is 1. The van der Waals surface area contributed by atoms with E-state index in [-0.39, 0.29) is 0 Å². The van der Waals surface area contributed by atoms with Crippen molar-refractivity contribution in [2.45, 2.75) is 18.8 Å². The van der Waals surface area contributed by atoms with Crippen LogP contribution in [0.25, 0.3) is 11.3 Å². The van der Waals surface area contributed by atoms with Crippen LogP contribution < -0.4 is 5.73 Å². The van der Waals surface area contributed by atoms with Crippen LogP contribution in [0.3, 0.4) is 0 Å². The molecule has 1 aliphatic rings. The first-order chi connectivity index (χ1) is 7.74. The van der Waals surface area contributed by atoms with Crippen molar-refractivity contribution in [3.05, 3.63) is 34.6 Å². The molecule has 82 valence electrons. The fourth-order valence-electron chi connectivity index (χ4n) is 1.87. The van der Waals surface area contributed by atoms with Crippen molar-refractivity contribution in [3.63, 3.8) is 0 Å². The second kappa shape index (κ2) is 3.63. The summed E-state index contributed by atoms with van der Waals surface area (Å²) in [6.07, 6.45) is 4.31. The molecule has 0 bridgehead atoms. The maximum atomic E-state index is 5.87. The molecule has 0 atom stereocenters. The minimum absolute atomic E-state index is 0.562. The van der Waals surface area contributed by atoms with Gasteiger partial charge in [0.15, 0.2) is 0 Å². The molecule has 1 fully saturated rings. The Morgan fingerprint density at radius 2 is 2.19 bits per heavy atom. The van der Waals surface area contributed by atoms with Crippen molar-refractivity contribution < 1.29 is 0 Å². The van der Waals surface area contributed by atoms with E-state index >= 15 is 0 Å². The second-order valence-corrected chi connectivity index (χ2v) is 5.10. The van der Waals surface area contributed by atoms with Crippen LogP contribution in [-0.4, -0.2) is 9.97 Å². The summed E-state index contributed by atoms with van der Waals surface area (Å²) < 4.78 is 0.944. The molecule has 4 heteroatoms. The predicted molar refractivity (Wildman–Crippen MR) is 68.1 cm³/mol. The highest BCUT2D eigenvalue weighted by Gasteiger charge is 2.25. The molecule has 0 spiro atoms. The molecule has 1 saturated carbocycles. The Hall–Kier alpha value is -1.29. The molecule has 1 aliphatic carbocycles. The number of aromatic nitrogens is 2. The highest BCUT2D eigenvalue weighted by Crippen LogP contribution is 2.40. The molecule has 2 heterocycles. The standard InChI is InChI=1S/C12H12BrN3/c13-8-5-9(12(14)15-6-8)11-4-3-10(16-11)7-1-2-7/h3-7,16H,1-2H2,(H2,14,15). The molecule has 0 unspecified atom stereocenters. The second-order valence-electron chi connectivity index (χ2n) is 4.19. The van der Waals surface area contributed by atoms with E-state index < -0.39 is 0 Å². The van der Waals surface area contributed by atoms with Crippen LogP contribution in [0, 0.1) is 0 Å². The van der Waals surface area contributed by atoms with Gasteiger partial charge < -0.3 is 10.7 Å². The predicted octanol–water partition coefficient (Wildman–Crippen LogP) is 3.30. The zero-order valence-corrected chi connectivity index (χ0v) is 10.3. The van der Waals surface area contributed by atoms with Crippen LogP contribution in [0.2, 0.25) is 0 Å². The average molecular weight is 278 g/mol. The van der Waals surface area contributed by atoms with Gasteiger partial charge in [-0.1, -0.05) is 0 Å². The van der Waals surface area contributed by atoms with Crippen LogP contribution in [0.15, 0.2) is 28.9 Å². The molecule has 16 heavy (non-hydrogen) atoms. The van der Waals surface area contributed by atoms with E-state index in [1.54, 1.807) is 6.20 Å². The third-order valence-electron chi connectivity index (χ3n) is 2.90. The first kappa shape index (κ1) is 9.90. The number of nitrogen functional groups attached to an aromatic ring is 1. The Morgan fingerprint density at radius 3 is 2.94 bits per heavy atom. The molecule has 3 rings (SSSR count). The van der Waals surface area contributed by atoms with Gasteiger partial charge in [-0.3, -0.25) is 0 Å². The lowest BCUT2D eigenvalue weighted by Gasteiger charge is -2.03. The van der Waals surface area contributed by atoms with Crippen molar-refractivity contribution >= 4 is 21.7 Å². The molecule has 3 nitrogen and oxygen atoms in total. The maximum absolute atomic E-state index is 5.87. The zero-order valence-electron chi connectivity index (χ0n) is 8.70. The molecular weight excluding hydrogens is 266 g/mol. The minimum Gasteiger partial charge on any atom is -0.383 e. The lowest BCUT2D eigenvalue weighted by Crippen LogP contribution is -1.94. The largest absolute Gasteiger partial charge is 0.383 e. The van der Waals surface area contributed by atoms with E-state index in [4.69, 9.17) is 5.73 Å². The number of halogens is 1. The first-order valence-electron chi connectivity index (χ1n) is 5.34. The topological polar surface area (TPSA) is 54.7 Å². The Balaban J connectivity index is 2.03. The number of nitrogens with zero attached hydrogens (tertiary/aromatic N) is 1. The molecule has 0 amide bonds. The zero-order chi connectivity index (χ0) is 11.1. The van der Waals surface area contributed by atoms with Gasteiger partial charge in [-0.05, 0) is 52.9 Å². The van der Waals surface area contributed by atoms with E-state index in [1.807, 2.05) is 6.07 Å². The summed E-state index contributed by atoms with van der Waals surface area (Å²) in [5.41, 5.74) is 9.19. The molecule has 2 aromatic heterocycles. The average Bonchev–Trinajstić information content (AvgIpc) is 3.01. The van der Waals surface area contributed by atoms with E-state index in [0.29, 0.717) is 5.82 Å². The first-order valence-corrected chi connectivity index (χ1v) is 6.13. The lowest BCUT2D eigenvalue weighted by molar-refractivity contribution is 1.05. The Labute approximate surface area is 102 Å². The van der Waals surface area contributed by atoms with Gasteiger partial charge in [-0.25, -0.2) is 4.98 Å². The SMILES string of the molecule is Nc1ncc(Br)cc1-c1ccc(C2CC2)[nH]1. The summed E-state index contributed by atoms with van der Waals surface area (Å²) >= 11 is 3.41. The molecule has 0 aliphatic heterocycles. The van der Waals surface area contributed by atoms with Crippen molar-refractivity contribution in [2.75, 3.05) is 5.73 Å². The third kappa shape index (κ3) is 1.73. The van der Waals surface area contributed by atoms with E-state index in [9.17, 15) is 0 Å². The van der Waals surface area contributed by atoms with Gasteiger partial charge in [0.05, 0.1) is 0 Å². The Morgan fingerprint density at radius 1 is 1.38 bits per heavy atom. The van der Waals surface area contributed by atoms with Crippen LogP contribution in [0.5, 0.6) is 0 Å². The van der Waals surface area contributed by atoms with Gasteiger partial charge in [-0.2, -0.15) is 0 Å². The van der Waals surface area contributed by atoms with Gasteiger partial charge in [0, 0.05) is 27.6 Å². The number of nitrogens with one attached hydrogen (secondary N) is 1. The summed E-state index contributed by atoms with van der Waals surface area (Å²) in [6, 6.07) is 6.21. The highest BCUT2D eigenvalue weighted by molar-refractivity contribution is 9.10. The van der Waals surface area contributed by atoms with Crippen LogP contribution >= 0.6 is 15.9 Å². The van der Waals surface area contributed by atoms with Gasteiger partial charge in [0.25, 0.3) is 0 Å². The van der Waals surface area contributed by atoms with Gasteiger partial charge in [0.2, 0.25) is 0 Å². The lowest BCUT2D eigenvalue weighted by atomic mass is 10.2. The number of hydrogen-bond acceptors (Lipinski definition) is 2. The van der Waals surface area contributed by atoms with E-state index in [2.05, 4.69) is 38.0 Å². The number of H-pyrrole nitrogens is 1. The number of anilines is 1. The molecule has 2 aromatic rings. The number of hydrogen-bond donors (Lipinski definition) is 2. The van der Waals surface area contributed by atoms with Gasteiger partial charge in [0.1, 0.15) is 5.82 Å². The van der Waals surface area contributed by atoms with Crippen molar-refractivity contribution in [3.8, 4) is 11.3 Å². The number of rotatable bonds is 2. The Kier molecular flexibility index (Phi) is 2.24. The summed E-state index contributed by atoms with van der Waals surface area (Å²) in [6.45, 7) is 0. The minimum atomic E-state index is 0.562.